The van der Waals surface area contributed by atoms with Gasteiger partial charge >= 0.3 is 0 Å². The van der Waals surface area contributed by atoms with Crippen LogP contribution in [0.1, 0.15) is 18.4 Å². The second kappa shape index (κ2) is 7.54. The first kappa shape index (κ1) is 11.2. The van der Waals surface area contributed by atoms with Gasteiger partial charge in [0.1, 0.15) is 0 Å². The topological polar surface area (TPSA) is 32.3 Å². The Morgan fingerprint density at radius 2 is 1.71 bits per heavy atom. The number of aliphatic hydroxyl groups excluding tert-OH is 1. The SMILES string of the molecule is OCCCNCCCc1ccccc1. The van der Waals surface area contributed by atoms with Gasteiger partial charge in [-0.1, -0.05) is 30.3 Å². The molecule has 1 aromatic rings. The van der Waals surface area contributed by atoms with Crippen LogP contribution in [0.3, 0.4) is 0 Å². The number of aliphatic hydroxyl groups is 1. The second-order valence-electron chi connectivity index (χ2n) is 3.42. The highest BCUT2D eigenvalue weighted by atomic mass is 16.3. The van der Waals surface area contributed by atoms with Crippen molar-refractivity contribution in [2.75, 3.05) is 19.7 Å². The maximum atomic E-state index is 8.56. The Bertz CT molecular complexity index is 223. The average Bonchev–Trinajstić information content (AvgIpc) is 2.25. The van der Waals surface area contributed by atoms with Crippen molar-refractivity contribution in [3.63, 3.8) is 0 Å². The summed E-state index contributed by atoms with van der Waals surface area (Å²) in [5.74, 6) is 0. The summed E-state index contributed by atoms with van der Waals surface area (Å²) in [5.41, 5.74) is 1.40. The quantitative estimate of drug-likeness (QED) is 0.645. The molecule has 0 fully saturated rings. The van der Waals surface area contributed by atoms with Crippen molar-refractivity contribution in [1.29, 1.82) is 0 Å². The summed E-state index contributed by atoms with van der Waals surface area (Å²) in [7, 11) is 0. The summed E-state index contributed by atoms with van der Waals surface area (Å²) >= 11 is 0. The Labute approximate surface area is 86.0 Å². The summed E-state index contributed by atoms with van der Waals surface area (Å²) < 4.78 is 0. The first-order valence-electron chi connectivity index (χ1n) is 5.29. The average molecular weight is 193 g/mol. The van der Waals surface area contributed by atoms with Gasteiger partial charge in [-0.3, -0.25) is 0 Å². The van der Waals surface area contributed by atoms with Gasteiger partial charge in [0.15, 0.2) is 0 Å². The highest BCUT2D eigenvalue weighted by Gasteiger charge is 1.91. The molecular weight excluding hydrogens is 174 g/mol. The molecule has 0 atom stereocenters. The normalized spacial score (nSPS) is 10.4. The highest BCUT2D eigenvalue weighted by Crippen LogP contribution is 2.01. The first-order chi connectivity index (χ1) is 6.93. The van der Waals surface area contributed by atoms with E-state index < -0.39 is 0 Å². The van der Waals surface area contributed by atoms with E-state index in [9.17, 15) is 0 Å². The summed E-state index contributed by atoms with van der Waals surface area (Å²) in [6, 6.07) is 10.5. The summed E-state index contributed by atoms with van der Waals surface area (Å²) in [6.45, 7) is 2.24. The lowest BCUT2D eigenvalue weighted by Crippen LogP contribution is -2.18. The number of aryl methyl sites for hydroxylation is 1. The van der Waals surface area contributed by atoms with E-state index in [1.165, 1.54) is 5.56 Å². The molecule has 78 valence electrons. The van der Waals surface area contributed by atoms with Crippen LogP contribution in [0.5, 0.6) is 0 Å². The number of rotatable bonds is 7. The third kappa shape index (κ3) is 5.00. The van der Waals surface area contributed by atoms with E-state index in [4.69, 9.17) is 5.11 Å². The second-order valence-corrected chi connectivity index (χ2v) is 3.42. The van der Waals surface area contributed by atoms with Gasteiger partial charge in [-0.05, 0) is 37.9 Å². The van der Waals surface area contributed by atoms with Crippen molar-refractivity contribution in [3.8, 4) is 0 Å². The van der Waals surface area contributed by atoms with E-state index in [-0.39, 0.29) is 6.61 Å². The molecule has 0 saturated heterocycles. The zero-order valence-corrected chi connectivity index (χ0v) is 8.58. The van der Waals surface area contributed by atoms with Crippen LogP contribution in [0.25, 0.3) is 0 Å². The lowest BCUT2D eigenvalue weighted by Gasteiger charge is -2.03. The van der Waals surface area contributed by atoms with Gasteiger partial charge in [-0.25, -0.2) is 0 Å². The molecule has 0 aromatic heterocycles. The molecule has 14 heavy (non-hydrogen) atoms. The van der Waals surface area contributed by atoms with Gasteiger partial charge in [-0.15, -0.1) is 0 Å². The van der Waals surface area contributed by atoms with Crippen LogP contribution in [0.15, 0.2) is 30.3 Å². The molecule has 0 amide bonds. The molecule has 0 spiro atoms. The van der Waals surface area contributed by atoms with Crippen LogP contribution < -0.4 is 5.32 Å². The largest absolute Gasteiger partial charge is 0.396 e. The van der Waals surface area contributed by atoms with E-state index >= 15 is 0 Å². The summed E-state index contributed by atoms with van der Waals surface area (Å²) in [5, 5.41) is 11.9. The molecule has 1 aromatic carbocycles. The third-order valence-corrected chi connectivity index (χ3v) is 2.17. The fourth-order valence-electron chi connectivity index (χ4n) is 1.39. The van der Waals surface area contributed by atoms with Crippen LogP contribution in [-0.4, -0.2) is 24.8 Å². The highest BCUT2D eigenvalue weighted by molar-refractivity contribution is 5.14. The van der Waals surface area contributed by atoms with E-state index in [0.29, 0.717) is 0 Å². The minimum atomic E-state index is 0.283. The Balaban J connectivity index is 1.99. The van der Waals surface area contributed by atoms with Crippen LogP contribution in [0.4, 0.5) is 0 Å². The minimum absolute atomic E-state index is 0.283. The van der Waals surface area contributed by atoms with Crippen molar-refractivity contribution in [3.05, 3.63) is 35.9 Å². The van der Waals surface area contributed by atoms with Crippen molar-refractivity contribution in [1.82, 2.24) is 5.32 Å². The van der Waals surface area contributed by atoms with Crippen molar-refractivity contribution >= 4 is 0 Å². The van der Waals surface area contributed by atoms with Gasteiger partial charge in [0, 0.05) is 6.61 Å². The van der Waals surface area contributed by atoms with Crippen LogP contribution in [-0.2, 0) is 6.42 Å². The van der Waals surface area contributed by atoms with E-state index in [2.05, 4.69) is 29.6 Å². The van der Waals surface area contributed by atoms with Gasteiger partial charge in [0.05, 0.1) is 0 Å². The molecule has 0 radical (unpaired) electrons. The zero-order valence-electron chi connectivity index (χ0n) is 8.58. The Morgan fingerprint density at radius 1 is 1.00 bits per heavy atom. The van der Waals surface area contributed by atoms with Gasteiger partial charge in [-0.2, -0.15) is 0 Å². The van der Waals surface area contributed by atoms with Crippen molar-refractivity contribution < 1.29 is 5.11 Å². The molecule has 0 bridgehead atoms. The molecule has 2 nitrogen and oxygen atoms in total. The standard InChI is InChI=1S/C12H19NO/c14-11-5-10-13-9-4-8-12-6-2-1-3-7-12/h1-3,6-7,13-14H,4-5,8-11H2. The van der Waals surface area contributed by atoms with Gasteiger partial charge < -0.3 is 10.4 Å². The van der Waals surface area contributed by atoms with Gasteiger partial charge in [0.2, 0.25) is 0 Å². The van der Waals surface area contributed by atoms with Crippen LogP contribution >= 0.6 is 0 Å². The molecule has 2 N–H and O–H groups in total. The predicted molar refractivity (Wildman–Crippen MR) is 59.3 cm³/mol. The number of benzene rings is 1. The third-order valence-electron chi connectivity index (χ3n) is 2.17. The van der Waals surface area contributed by atoms with E-state index in [1.54, 1.807) is 0 Å². The Hall–Kier alpha value is -0.860. The lowest BCUT2D eigenvalue weighted by molar-refractivity contribution is 0.286. The number of nitrogens with one attached hydrogen (secondary N) is 1. The van der Waals surface area contributed by atoms with Gasteiger partial charge in [0.25, 0.3) is 0 Å². The molecule has 0 aliphatic heterocycles. The molecular formula is C12H19NO. The molecule has 0 aliphatic carbocycles. The summed E-state index contributed by atoms with van der Waals surface area (Å²) in [4.78, 5) is 0. The fraction of sp³-hybridized carbons (Fsp3) is 0.500. The van der Waals surface area contributed by atoms with Crippen molar-refractivity contribution in [2.24, 2.45) is 0 Å². The van der Waals surface area contributed by atoms with E-state index in [1.807, 2.05) is 6.07 Å². The maximum absolute atomic E-state index is 8.56. The number of hydrogen-bond donors (Lipinski definition) is 2. The maximum Gasteiger partial charge on any atom is 0.0443 e. The molecule has 0 heterocycles. The fourth-order valence-corrected chi connectivity index (χ4v) is 1.39. The van der Waals surface area contributed by atoms with E-state index in [0.717, 1.165) is 32.4 Å². The minimum Gasteiger partial charge on any atom is -0.396 e. The Morgan fingerprint density at radius 3 is 2.43 bits per heavy atom. The summed E-state index contributed by atoms with van der Waals surface area (Å²) in [6.07, 6.45) is 3.15. The number of hydrogen-bond acceptors (Lipinski definition) is 2. The lowest BCUT2D eigenvalue weighted by atomic mass is 10.1. The zero-order chi connectivity index (χ0) is 10.1. The smallest absolute Gasteiger partial charge is 0.0443 e. The van der Waals surface area contributed by atoms with Crippen molar-refractivity contribution in [2.45, 2.75) is 19.3 Å². The molecule has 0 saturated carbocycles. The Kier molecular flexibility index (Phi) is 6.04. The first-order valence-corrected chi connectivity index (χ1v) is 5.29. The molecule has 2 heteroatoms. The van der Waals surface area contributed by atoms with Crippen LogP contribution in [0, 0.1) is 0 Å². The predicted octanol–water partition coefficient (Wildman–Crippen LogP) is 1.59. The van der Waals surface area contributed by atoms with Crippen LogP contribution in [0.2, 0.25) is 0 Å². The molecule has 1 rings (SSSR count). The monoisotopic (exact) mass is 193 g/mol. The molecule has 0 aliphatic rings. The molecule has 0 unspecified atom stereocenters.